The number of fused-ring (bicyclic) bond motifs is 1. The Kier molecular flexibility index (Phi) is 4.32. The largest absolute Gasteiger partial charge is 0.504 e. The maximum Gasteiger partial charge on any atom is 0.226 e. The van der Waals surface area contributed by atoms with Crippen molar-refractivity contribution in [2.75, 3.05) is 11.9 Å². The van der Waals surface area contributed by atoms with E-state index in [1.165, 1.54) is 0 Å². The minimum absolute atomic E-state index is 0.0612. The van der Waals surface area contributed by atoms with Crippen LogP contribution >= 0.6 is 0 Å². The van der Waals surface area contributed by atoms with Gasteiger partial charge in [0.15, 0.2) is 11.5 Å². The van der Waals surface area contributed by atoms with E-state index >= 15 is 0 Å². The van der Waals surface area contributed by atoms with E-state index < -0.39 is 0 Å². The number of carbonyl (C=O) groups is 1. The molecule has 2 aromatic carbocycles. The molecular weight excluding hydrogens is 342 g/mol. The molecule has 1 unspecified atom stereocenters. The molecule has 2 heterocycles. The van der Waals surface area contributed by atoms with Gasteiger partial charge in [-0.05, 0) is 43.2 Å². The molecule has 0 fully saturated rings. The van der Waals surface area contributed by atoms with Gasteiger partial charge in [-0.3, -0.25) is 4.79 Å². The first-order chi connectivity index (χ1) is 13.1. The van der Waals surface area contributed by atoms with Gasteiger partial charge in [-0.1, -0.05) is 24.3 Å². The van der Waals surface area contributed by atoms with Gasteiger partial charge in [-0.25, -0.2) is 4.68 Å². The van der Waals surface area contributed by atoms with Gasteiger partial charge in [0.25, 0.3) is 0 Å². The fourth-order valence-corrected chi connectivity index (χ4v) is 3.52. The summed E-state index contributed by atoms with van der Waals surface area (Å²) in [4.78, 5) is 12.4. The first-order valence-electron chi connectivity index (χ1n) is 8.98. The molecule has 0 radical (unpaired) electrons. The molecule has 1 aliphatic heterocycles. The number of phenols is 1. The number of ether oxygens (including phenoxy) is 1. The SMILES string of the molecule is CCOc1cc(C2CC(=O)Nc3c2cnn3-c2ccccc2C)ccc1O. The highest BCUT2D eigenvalue weighted by molar-refractivity contribution is 5.94. The third kappa shape index (κ3) is 3.03. The van der Waals surface area contributed by atoms with Gasteiger partial charge in [-0.2, -0.15) is 5.10 Å². The summed E-state index contributed by atoms with van der Waals surface area (Å²) < 4.78 is 7.28. The first-order valence-corrected chi connectivity index (χ1v) is 8.98. The van der Waals surface area contributed by atoms with Crippen LogP contribution in [0, 0.1) is 6.92 Å². The minimum atomic E-state index is -0.147. The van der Waals surface area contributed by atoms with Crippen LogP contribution in [0.3, 0.4) is 0 Å². The number of rotatable bonds is 4. The van der Waals surface area contributed by atoms with Crippen LogP contribution in [0.25, 0.3) is 5.69 Å². The fourth-order valence-electron chi connectivity index (χ4n) is 3.52. The molecule has 2 N–H and O–H groups in total. The third-order valence-corrected chi connectivity index (χ3v) is 4.85. The van der Waals surface area contributed by atoms with Crippen LogP contribution in [0.1, 0.15) is 36.0 Å². The minimum Gasteiger partial charge on any atom is -0.504 e. The Morgan fingerprint density at radius 3 is 2.89 bits per heavy atom. The third-order valence-electron chi connectivity index (χ3n) is 4.85. The van der Waals surface area contributed by atoms with Gasteiger partial charge in [-0.15, -0.1) is 0 Å². The fraction of sp³-hybridized carbons (Fsp3) is 0.238. The summed E-state index contributed by atoms with van der Waals surface area (Å²) in [6.07, 6.45) is 2.13. The molecule has 1 atom stereocenters. The van der Waals surface area contributed by atoms with Crippen molar-refractivity contribution in [3.05, 3.63) is 65.4 Å². The maximum absolute atomic E-state index is 12.4. The van der Waals surface area contributed by atoms with Crippen LogP contribution < -0.4 is 10.1 Å². The molecule has 1 aromatic heterocycles. The number of anilines is 1. The van der Waals surface area contributed by atoms with Crippen LogP contribution in [0.5, 0.6) is 11.5 Å². The lowest BCUT2D eigenvalue weighted by molar-refractivity contribution is -0.116. The summed E-state index contributed by atoms with van der Waals surface area (Å²) in [5.74, 6) is 1.00. The molecule has 27 heavy (non-hydrogen) atoms. The summed E-state index contributed by atoms with van der Waals surface area (Å²) in [6, 6.07) is 13.2. The molecule has 6 nitrogen and oxygen atoms in total. The molecule has 0 saturated heterocycles. The van der Waals surface area contributed by atoms with Crippen molar-refractivity contribution >= 4 is 11.7 Å². The van der Waals surface area contributed by atoms with E-state index in [0.29, 0.717) is 24.6 Å². The van der Waals surface area contributed by atoms with E-state index in [0.717, 1.165) is 22.4 Å². The second kappa shape index (κ2) is 6.79. The predicted octanol–water partition coefficient (Wildman–Crippen LogP) is 3.76. The standard InChI is InChI=1S/C21H21N3O3/c1-3-27-19-10-14(8-9-18(19)25)15-11-20(26)23-21-16(15)12-22-24(21)17-7-5-4-6-13(17)2/h4-10,12,15,25H,3,11H2,1-2H3,(H,23,26). The van der Waals surface area contributed by atoms with E-state index in [-0.39, 0.29) is 17.6 Å². The summed E-state index contributed by atoms with van der Waals surface area (Å²) in [7, 11) is 0. The van der Waals surface area contributed by atoms with Crippen LogP contribution in [-0.4, -0.2) is 27.4 Å². The molecule has 4 rings (SSSR count). The zero-order chi connectivity index (χ0) is 19.0. The maximum atomic E-state index is 12.4. The second-order valence-electron chi connectivity index (χ2n) is 6.61. The first kappa shape index (κ1) is 17.1. The molecular formula is C21H21N3O3. The number of para-hydroxylation sites is 1. The molecule has 0 saturated carbocycles. The van der Waals surface area contributed by atoms with E-state index in [1.54, 1.807) is 23.0 Å². The Morgan fingerprint density at radius 1 is 1.30 bits per heavy atom. The highest BCUT2D eigenvalue weighted by Crippen LogP contribution is 2.40. The number of hydrogen-bond donors (Lipinski definition) is 2. The van der Waals surface area contributed by atoms with Crippen molar-refractivity contribution in [1.82, 2.24) is 9.78 Å². The molecule has 0 bridgehead atoms. The van der Waals surface area contributed by atoms with E-state index in [2.05, 4.69) is 10.4 Å². The number of nitrogens with zero attached hydrogens (tertiary/aromatic N) is 2. The smallest absolute Gasteiger partial charge is 0.226 e. The van der Waals surface area contributed by atoms with Gasteiger partial charge in [0, 0.05) is 17.9 Å². The Labute approximate surface area is 157 Å². The molecule has 6 heteroatoms. The van der Waals surface area contributed by atoms with Crippen LogP contribution in [-0.2, 0) is 4.79 Å². The van der Waals surface area contributed by atoms with Crippen molar-refractivity contribution < 1.29 is 14.6 Å². The summed E-state index contributed by atoms with van der Waals surface area (Å²) in [5, 5.41) is 17.5. The Balaban J connectivity index is 1.80. The number of aromatic nitrogens is 2. The number of hydrogen-bond acceptors (Lipinski definition) is 4. The van der Waals surface area contributed by atoms with Crippen LogP contribution in [0.2, 0.25) is 0 Å². The van der Waals surface area contributed by atoms with Gasteiger partial charge in [0.1, 0.15) is 5.82 Å². The highest BCUT2D eigenvalue weighted by atomic mass is 16.5. The lowest BCUT2D eigenvalue weighted by atomic mass is 9.87. The van der Waals surface area contributed by atoms with Crippen LogP contribution in [0.4, 0.5) is 5.82 Å². The van der Waals surface area contributed by atoms with Gasteiger partial charge >= 0.3 is 0 Å². The van der Waals surface area contributed by atoms with E-state index in [9.17, 15) is 9.90 Å². The molecule has 1 aliphatic rings. The molecule has 3 aromatic rings. The Bertz CT molecular complexity index is 1010. The molecule has 1 amide bonds. The molecule has 138 valence electrons. The van der Waals surface area contributed by atoms with Crippen LogP contribution in [0.15, 0.2) is 48.7 Å². The summed E-state index contributed by atoms with van der Waals surface area (Å²) in [6.45, 7) is 4.34. The number of amides is 1. The van der Waals surface area contributed by atoms with Crippen molar-refractivity contribution in [2.45, 2.75) is 26.2 Å². The summed E-state index contributed by atoms with van der Waals surface area (Å²) >= 11 is 0. The number of nitrogens with one attached hydrogen (secondary N) is 1. The number of carbonyl (C=O) groups excluding carboxylic acids is 1. The zero-order valence-electron chi connectivity index (χ0n) is 15.3. The number of aromatic hydroxyl groups is 1. The van der Waals surface area contributed by atoms with E-state index in [1.807, 2.05) is 44.2 Å². The van der Waals surface area contributed by atoms with Crippen molar-refractivity contribution in [2.24, 2.45) is 0 Å². The number of aryl methyl sites for hydroxylation is 1. The van der Waals surface area contributed by atoms with E-state index in [4.69, 9.17) is 4.74 Å². The van der Waals surface area contributed by atoms with Gasteiger partial charge in [0.05, 0.1) is 18.5 Å². The summed E-state index contributed by atoms with van der Waals surface area (Å²) in [5.41, 5.74) is 3.87. The average molecular weight is 363 g/mol. The second-order valence-corrected chi connectivity index (χ2v) is 6.61. The lowest BCUT2D eigenvalue weighted by Crippen LogP contribution is -2.24. The van der Waals surface area contributed by atoms with Crippen molar-refractivity contribution in [3.63, 3.8) is 0 Å². The van der Waals surface area contributed by atoms with Crippen molar-refractivity contribution in [3.8, 4) is 17.2 Å². The molecule has 0 aliphatic carbocycles. The zero-order valence-corrected chi connectivity index (χ0v) is 15.3. The number of phenolic OH excluding ortho intramolecular Hbond substituents is 1. The monoisotopic (exact) mass is 363 g/mol. The topological polar surface area (TPSA) is 76.4 Å². The average Bonchev–Trinajstić information content (AvgIpc) is 3.07. The highest BCUT2D eigenvalue weighted by Gasteiger charge is 2.31. The molecule has 0 spiro atoms. The lowest BCUT2D eigenvalue weighted by Gasteiger charge is -2.24. The normalized spacial score (nSPS) is 15.9. The van der Waals surface area contributed by atoms with Gasteiger partial charge < -0.3 is 15.2 Å². The predicted molar refractivity (Wildman–Crippen MR) is 103 cm³/mol. The number of benzene rings is 2. The Hall–Kier alpha value is -3.28. The van der Waals surface area contributed by atoms with Gasteiger partial charge in [0.2, 0.25) is 5.91 Å². The quantitative estimate of drug-likeness (QED) is 0.740. The van der Waals surface area contributed by atoms with Crippen molar-refractivity contribution in [1.29, 1.82) is 0 Å². The Morgan fingerprint density at radius 2 is 2.11 bits per heavy atom.